The molecule has 0 radical (unpaired) electrons. The number of fused-ring (bicyclic) bond motifs is 4. The molecule has 18 heavy (non-hydrogen) atoms. The maximum Gasteiger partial charge on any atom is 0.272 e. The first kappa shape index (κ1) is 11.6. The molecule has 0 aromatic carbocycles. The molecule has 2 N–H and O–H groups in total. The van der Waals surface area contributed by atoms with Gasteiger partial charge in [-0.3, -0.25) is 0 Å². The number of nitrogens with two attached hydrogens (primary N) is 1. The summed E-state index contributed by atoms with van der Waals surface area (Å²) >= 11 is 0. The van der Waals surface area contributed by atoms with E-state index in [1.165, 1.54) is 19.3 Å². The molecular weight excluding hydrogens is 230 g/mol. The quantitative estimate of drug-likeness (QED) is 0.812. The van der Waals surface area contributed by atoms with Crippen LogP contribution in [0.5, 0.6) is 0 Å². The maximum absolute atomic E-state index is 6.51. The summed E-state index contributed by atoms with van der Waals surface area (Å²) in [6.45, 7) is 2.17. The highest BCUT2D eigenvalue weighted by atomic mass is 16.9. The summed E-state index contributed by atoms with van der Waals surface area (Å²) in [5.41, 5.74) is 6.83. The minimum atomic E-state index is -0.433. The Labute approximate surface area is 108 Å². The van der Waals surface area contributed by atoms with E-state index in [-0.39, 0.29) is 12.2 Å². The van der Waals surface area contributed by atoms with Crippen LogP contribution in [0.4, 0.5) is 0 Å². The Morgan fingerprint density at radius 3 is 2.50 bits per heavy atom. The zero-order chi connectivity index (χ0) is 12.3. The van der Waals surface area contributed by atoms with Gasteiger partial charge >= 0.3 is 0 Å². The fraction of sp³-hybridized carbons (Fsp3) is 1.00. The lowest BCUT2D eigenvalue weighted by atomic mass is 9.69. The van der Waals surface area contributed by atoms with E-state index < -0.39 is 6.48 Å². The van der Waals surface area contributed by atoms with Crippen molar-refractivity contribution in [3.8, 4) is 0 Å². The van der Waals surface area contributed by atoms with E-state index in [2.05, 4.69) is 0 Å². The predicted molar refractivity (Wildman–Crippen MR) is 65.6 cm³/mol. The van der Waals surface area contributed by atoms with E-state index in [0.29, 0.717) is 18.1 Å². The molecule has 4 aliphatic rings. The highest BCUT2D eigenvalue weighted by Crippen LogP contribution is 2.63. The van der Waals surface area contributed by atoms with Gasteiger partial charge in [0.2, 0.25) is 0 Å². The Bertz CT molecular complexity index is 330. The van der Waals surface area contributed by atoms with E-state index >= 15 is 0 Å². The van der Waals surface area contributed by atoms with Crippen molar-refractivity contribution in [2.75, 3.05) is 6.61 Å². The minimum Gasteiger partial charge on any atom is -0.330 e. The second-order valence-electron chi connectivity index (χ2n) is 6.53. The van der Waals surface area contributed by atoms with Crippen molar-refractivity contribution < 1.29 is 14.2 Å². The summed E-state index contributed by atoms with van der Waals surface area (Å²) in [5.74, 6) is 1.58. The summed E-state index contributed by atoms with van der Waals surface area (Å²) < 4.78 is 17.1. The van der Waals surface area contributed by atoms with E-state index in [0.717, 1.165) is 24.7 Å². The summed E-state index contributed by atoms with van der Waals surface area (Å²) in [6.07, 6.45) is 6.65. The first-order valence-electron chi connectivity index (χ1n) is 7.41. The zero-order valence-corrected chi connectivity index (χ0v) is 11.0. The zero-order valence-electron chi connectivity index (χ0n) is 11.0. The highest BCUT2D eigenvalue weighted by Gasteiger charge is 2.63. The van der Waals surface area contributed by atoms with Gasteiger partial charge in [0.15, 0.2) is 0 Å². The van der Waals surface area contributed by atoms with Crippen molar-refractivity contribution in [1.29, 1.82) is 0 Å². The van der Waals surface area contributed by atoms with Crippen LogP contribution < -0.4 is 5.73 Å². The van der Waals surface area contributed by atoms with Crippen LogP contribution >= 0.6 is 0 Å². The fourth-order valence-corrected chi connectivity index (χ4v) is 5.11. The lowest BCUT2D eigenvalue weighted by Gasteiger charge is -2.40. The van der Waals surface area contributed by atoms with Crippen molar-refractivity contribution in [2.24, 2.45) is 23.0 Å². The first-order valence-corrected chi connectivity index (χ1v) is 7.41. The third-order valence-electron chi connectivity index (χ3n) is 5.91. The van der Waals surface area contributed by atoms with Gasteiger partial charge in [-0.15, -0.1) is 0 Å². The van der Waals surface area contributed by atoms with E-state index in [9.17, 15) is 0 Å². The Morgan fingerprint density at radius 1 is 1.22 bits per heavy atom. The van der Waals surface area contributed by atoms with E-state index in [1.807, 2.05) is 6.92 Å². The molecule has 4 rings (SSSR count). The topological polar surface area (TPSA) is 53.7 Å². The summed E-state index contributed by atoms with van der Waals surface area (Å²) in [5, 5.41) is 0. The number of rotatable bonds is 2. The van der Waals surface area contributed by atoms with Gasteiger partial charge in [0.05, 0.1) is 12.2 Å². The molecule has 0 amide bonds. The fourth-order valence-electron chi connectivity index (χ4n) is 5.11. The molecule has 0 aromatic heterocycles. The molecule has 1 aliphatic heterocycles. The van der Waals surface area contributed by atoms with Crippen LogP contribution in [0.1, 0.15) is 39.0 Å². The summed E-state index contributed by atoms with van der Waals surface area (Å²) in [7, 11) is 0. The summed E-state index contributed by atoms with van der Waals surface area (Å²) in [4.78, 5) is 0. The van der Waals surface area contributed by atoms with Crippen LogP contribution in [0, 0.1) is 17.3 Å². The monoisotopic (exact) mass is 253 g/mol. The molecular formula is C14H23NO3. The van der Waals surface area contributed by atoms with Crippen LogP contribution in [0.15, 0.2) is 0 Å². The van der Waals surface area contributed by atoms with Gasteiger partial charge in [-0.1, -0.05) is 0 Å². The summed E-state index contributed by atoms with van der Waals surface area (Å²) in [6, 6.07) is 0.375. The van der Waals surface area contributed by atoms with Crippen LogP contribution in [-0.4, -0.2) is 31.3 Å². The third-order valence-corrected chi connectivity index (χ3v) is 5.91. The van der Waals surface area contributed by atoms with Crippen LogP contribution in [0.3, 0.4) is 0 Å². The second-order valence-corrected chi connectivity index (χ2v) is 6.53. The van der Waals surface area contributed by atoms with Crippen LogP contribution in [-0.2, 0) is 14.2 Å². The molecule has 1 saturated heterocycles. The minimum absolute atomic E-state index is 0.215. The van der Waals surface area contributed by atoms with Crippen molar-refractivity contribution in [3.05, 3.63) is 0 Å². The van der Waals surface area contributed by atoms with Gasteiger partial charge in [0, 0.05) is 12.6 Å². The van der Waals surface area contributed by atoms with Crippen molar-refractivity contribution in [1.82, 2.24) is 0 Å². The van der Waals surface area contributed by atoms with Crippen molar-refractivity contribution in [3.63, 3.8) is 0 Å². The number of hydrogen-bond acceptors (Lipinski definition) is 4. The van der Waals surface area contributed by atoms with Crippen molar-refractivity contribution >= 4 is 0 Å². The molecule has 1 heterocycles. The van der Waals surface area contributed by atoms with Crippen LogP contribution in [0.2, 0.25) is 0 Å². The second kappa shape index (κ2) is 3.92. The van der Waals surface area contributed by atoms with Gasteiger partial charge in [-0.05, 0) is 56.3 Å². The third kappa shape index (κ3) is 1.40. The molecule has 1 unspecified atom stereocenters. The molecule has 1 spiro atoms. The SMILES string of the molecule is CCO[C@H]1OC2C[C@]3(C[C@H]2O1)[C@H]1CC[C@H](C1)[C@H]3N. The molecule has 4 heteroatoms. The molecule has 102 valence electrons. The normalized spacial score (nSPS) is 57.7. The molecule has 7 atom stereocenters. The molecule has 2 bridgehead atoms. The Morgan fingerprint density at radius 2 is 1.94 bits per heavy atom. The predicted octanol–water partition coefficient (Wildman–Crippen LogP) is 1.63. The Balaban J connectivity index is 1.50. The van der Waals surface area contributed by atoms with Gasteiger partial charge in [0.1, 0.15) is 0 Å². The molecule has 4 fully saturated rings. The average Bonchev–Trinajstić information content (AvgIpc) is 3.02. The molecule has 3 aliphatic carbocycles. The van der Waals surface area contributed by atoms with E-state index in [1.54, 1.807) is 0 Å². The Hall–Kier alpha value is -0.160. The van der Waals surface area contributed by atoms with Crippen molar-refractivity contribution in [2.45, 2.75) is 63.8 Å². The van der Waals surface area contributed by atoms with Gasteiger partial charge < -0.3 is 19.9 Å². The van der Waals surface area contributed by atoms with E-state index in [4.69, 9.17) is 19.9 Å². The van der Waals surface area contributed by atoms with Gasteiger partial charge in [-0.25, -0.2) is 0 Å². The Kier molecular flexibility index (Phi) is 2.54. The number of ether oxygens (including phenoxy) is 3. The van der Waals surface area contributed by atoms with Crippen LogP contribution in [0.25, 0.3) is 0 Å². The van der Waals surface area contributed by atoms with Gasteiger partial charge in [-0.2, -0.15) is 0 Å². The maximum atomic E-state index is 6.51. The average molecular weight is 253 g/mol. The standard InChI is InChI=1S/C14H23NO3/c1-2-16-13-17-10-6-14(7-11(10)18-13)9-4-3-8(5-9)12(14)15/h8-13H,2-7,15H2,1H3/t8-,9+,10-,11?,12-,13-,14-/m1/s1. The lowest BCUT2D eigenvalue weighted by Crippen LogP contribution is -2.45. The highest BCUT2D eigenvalue weighted by molar-refractivity contribution is 5.14. The smallest absolute Gasteiger partial charge is 0.272 e. The first-order chi connectivity index (χ1) is 8.73. The molecule has 0 aromatic rings. The number of hydrogen-bond donors (Lipinski definition) is 1. The molecule has 3 saturated carbocycles. The lowest BCUT2D eigenvalue weighted by molar-refractivity contribution is -0.247. The van der Waals surface area contributed by atoms with Gasteiger partial charge in [0.25, 0.3) is 6.48 Å². The molecule has 4 nitrogen and oxygen atoms in total. The largest absolute Gasteiger partial charge is 0.330 e.